The summed E-state index contributed by atoms with van der Waals surface area (Å²) in [5.74, 6) is -0.403. The molecule has 0 spiro atoms. The SMILES string of the molecule is O=C(O)[N+]1(CO)CC[C@@H]2c3ccccc3Cc3ccc(F)cc3[C@H]21. The third-order valence-corrected chi connectivity index (χ3v) is 5.65. The number of quaternary nitrogens is 1. The summed E-state index contributed by atoms with van der Waals surface area (Å²) in [6.45, 7) is -0.153. The molecule has 1 aliphatic heterocycles. The molecule has 2 N–H and O–H groups in total. The molecule has 0 aromatic heterocycles. The maximum atomic E-state index is 14.0. The van der Waals surface area contributed by atoms with Crippen LogP contribution in [0.15, 0.2) is 42.5 Å². The van der Waals surface area contributed by atoms with E-state index in [4.69, 9.17) is 0 Å². The van der Waals surface area contributed by atoms with Gasteiger partial charge in [-0.3, -0.25) is 0 Å². The van der Waals surface area contributed by atoms with Crippen LogP contribution in [-0.2, 0) is 6.42 Å². The second-order valence-electron chi connectivity index (χ2n) is 6.74. The lowest BCUT2D eigenvalue weighted by Gasteiger charge is -2.34. The van der Waals surface area contributed by atoms with Gasteiger partial charge in [-0.25, -0.2) is 4.39 Å². The molecule has 1 saturated heterocycles. The fraction of sp³-hybridized carbons (Fsp3) is 0.316. The van der Waals surface area contributed by atoms with Gasteiger partial charge in [0.05, 0.1) is 6.54 Å². The fourth-order valence-corrected chi connectivity index (χ4v) is 4.52. The average Bonchev–Trinajstić information content (AvgIpc) is 2.91. The van der Waals surface area contributed by atoms with Crippen molar-refractivity contribution in [2.24, 2.45) is 0 Å². The van der Waals surface area contributed by atoms with E-state index in [1.807, 2.05) is 18.2 Å². The molecule has 0 saturated carbocycles. The van der Waals surface area contributed by atoms with E-state index >= 15 is 0 Å². The van der Waals surface area contributed by atoms with Gasteiger partial charge in [0.1, 0.15) is 11.9 Å². The Balaban J connectivity index is 2.00. The van der Waals surface area contributed by atoms with Gasteiger partial charge < -0.3 is 10.2 Å². The predicted molar refractivity (Wildman–Crippen MR) is 86.0 cm³/mol. The summed E-state index contributed by atoms with van der Waals surface area (Å²) in [4.78, 5) is 12.0. The summed E-state index contributed by atoms with van der Waals surface area (Å²) >= 11 is 0. The molecule has 1 amide bonds. The molecular weight excluding hydrogens is 309 g/mol. The van der Waals surface area contributed by atoms with Crippen molar-refractivity contribution < 1.29 is 23.9 Å². The van der Waals surface area contributed by atoms with E-state index in [1.165, 1.54) is 12.1 Å². The van der Waals surface area contributed by atoms with Crippen molar-refractivity contribution in [1.82, 2.24) is 0 Å². The highest BCUT2D eigenvalue weighted by atomic mass is 19.1. The van der Waals surface area contributed by atoms with Crippen LogP contribution in [0.1, 0.15) is 40.6 Å². The van der Waals surface area contributed by atoms with Crippen LogP contribution in [0, 0.1) is 5.82 Å². The molecule has 2 aliphatic rings. The van der Waals surface area contributed by atoms with Gasteiger partial charge in [-0.1, -0.05) is 30.3 Å². The lowest BCUT2D eigenvalue weighted by atomic mass is 9.87. The monoisotopic (exact) mass is 328 g/mol. The summed E-state index contributed by atoms with van der Waals surface area (Å²) in [7, 11) is 0. The number of rotatable bonds is 1. The lowest BCUT2D eigenvalue weighted by molar-refractivity contribution is -0.894. The van der Waals surface area contributed by atoms with Crippen molar-refractivity contribution in [3.8, 4) is 0 Å². The molecule has 5 heteroatoms. The van der Waals surface area contributed by atoms with Gasteiger partial charge in [0.15, 0.2) is 6.73 Å². The quantitative estimate of drug-likeness (QED) is 0.789. The van der Waals surface area contributed by atoms with Gasteiger partial charge in [0.2, 0.25) is 0 Å². The van der Waals surface area contributed by atoms with E-state index in [-0.39, 0.29) is 11.7 Å². The van der Waals surface area contributed by atoms with Crippen LogP contribution in [0.25, 0.3) is 0 Å². The van der Waals surface area contributed by atoms with E-state index in [1.54, 1.807) is 6.07 Å². The Bertz CT molecular complexity index is 822. The third kappa shape index (κ3) is 2.01. The lowest BCUT2D eigenvalue weighted by Crippen LogP contribution is -2.52. The van der Waals surface area contributed by atoms with Crippen LogP contribution in [0.4, 0.5) is 9.18 Å². The van der Waals surface area contributed by atoms with E-state index < -0.39 is 23.3 Å². The molecule has 4 rings (SSSR count). The Hall–Kier alpha value is -2.24. The smallest absolute Gasteiger partial charge is 0.435 e. The van der Waals surface area contributed by atoms with Crippen LogP contribution in [-0.4, -0.2) is 34.1 Å². The molecule has 0 radical (unpaired) electrons. The molecule has 1 heterocycles. The van der Waals surface area contributed by atoms with Crippen molar-refractivity contribution in [2.45, 2.75) is 24.8 Å². The topological polar surface area (TPSA) is 57.5 Å². The highest BCUT2D eigenvalue weighted by Crippen LogP contribution is 2.52. The largest absolute Gasteiger partial charge is 0.516 e. The number of hydrogen-bond acceptors (Lipinski definition) is 2. The molecule has 3 atom stereocenters. The first-order valence-electron chi connectivity index (χ1n) is 8.14. The van der Waals surface area contributed by atoms with Crippen molar-refractivity contribution in [3.05, 3.63) is 70.5 Å². The highest BCUT2D eigenvalue weighted by Gasteiger charge is 2.56. The Morgan fingerprint density at radius 3 is 2.67 bits per heavy atom. The summed E-state index contributed by atoms with van der Waals surface area (Å²) in [6.07, 6.45) is 0.258. The van der Waals surface area contributed by atoms with Crippen LogP contribution in [0.5, 0.6) is 0 Å². The second-order valence-corrected chi connectivity index (χ2v) is 6.74. The number of halogens is 1. The Kier molecular flexibility index (Phi) is 3.44. The minimum absolute atomic E-state index is 0.0347. The number of hydrogen-bond donors (Lipinski definition) is 2. The molecule has 1 unspecified atom stereocenters. The van der Waals surface area contributed by atoms with Crippen LogP contribution in [0.3, 0.4) is 0 Å². The van der Waals surface area contributed by atoms with Crippen LogP contribution < -0.4 is 0 Å². The van der Waals surface area contributed by atoms with Gasteiger partial charge in [-0.05, 0) is 35.2 Å². The standard InChI is InChI=1S/C19H18FNO3/c20-14-6-5-13-9-12-3-1-2-4-15(12)16-7-8-21(11-22,19(23)24)18(16)17(13)10-14/h1-6,10,16,18,22H,7-9,11H2/p+1/t16-,18+,21?/m1/s1. The molecule has 2 aromatic rings. The first-order valence-corrected chi connectivity index (χ1v) is 8.14. The highest BCUT2D eigenvalue weighted by molar-refractivity contribution is 5.59. The molecule has 124 valence electrons. The maximum Gasteiger partial charge on any atom is 0.516 e. The van der Waals surface area contributed by atoms with Crippen molar-refractivity contribution in [1.29, 1.82) is 0 Å². The number of benzene rings is 2. The van der Waals surface area contributed by atoms with E-state index in [9.17, 15) is 19.4 Å². The summed E-state index contributed by atoms with van der Waals surface area (Å²) in [5.41, 5.74) is 3.93. The van der Waals surface area contributed by atoms with Crippen molar-refractivity contribution in [3.63, 3.8) is 0 Å². The zero-order valence-corrected chi connectivity index (χ0v) is 13.2. The number of aliphatic hydroxyl groups excluding tert-OH is 1. The van der Waals surface area contributed by atoms with E-state index in [0.29, 0.717) is 24.9 Å². The maximum absolute atomic E-state index is 14.0. The van der Waals surface area contributed by atoms with Gasteiger partial charge in [-0.15, -0.1) is 0 Å². The molecule has 4 nitrogen and oxygen atoms in total. The summed E-state index contributed by atoms with van der Waals surface area (Å²) in [6, 6.07) is 12.2. The number of carboxylic acid groups (broad SMARTS) is 1. The van der Waals surface area contributed by atoms with Gasteiger partial charge in [-0.2, -0.15) is 9.28 Å². The molecule has 1 aliphatic carbocycles. The number of amides is 1. The minimum Gasteiger partial charge on any atom is -0.435 e. The van der Waals surface area contributed by atoms with Crippen LogP contribution in [0.2, 0.25) is 0 Å². The fourth-order valence-electron chi connectivity index (χ4n) is 4.52. The first kappa shape index (κ1) is 15.3. The number of aliphatic hydroxyl groups is 1. The first-order chi connectivity index (χ1) is 11.6. The molecule has 1 fully saturated rings. The summed E-state index contributed by atoms with van der Waals surface area (Å²) in [5, 5.41) is 19.8. The number of carbonyl (C=O) groups is 1. The molecule has 0 bridgehead atoms. The van der Waals surface area contributed by atoms with Gasteiger partial charge in [0.25, 0.3) is 0 Å². The van der Waals surface area contributed by atoms with Gasteiger partial charge >= 0.3 is 6.09 Å². The van der Waals surface area contributed by atoms with Gasteiger partial charge in [0, 0.05) is 17.9 Å². The number of likely N-dealkylation sites (tertiary alicyclic amines) is 1. The zero-order chi connectivity index (χ0) is 16.9. The third-order valence-electron chi connectivity index (χ3n) is 5.65. The predicted octanol–water partition coefficient (Wildman–Crippen LogP) is 3.40. The minimum atomic E-state index is -1.06. The van der Waals surface area contributed by atoms with Crippen molar-refractivity contribution in [2.75, 3.05) is 13.3 Å². The normalized spacial score (nSPS) is 27.8. The molecule has 24 heavy (non-hydrogen) atoms. The Labute approximate surface area is 139 Å². The van der Waals surface area contributed by atoms with Crippen LogP contribution >= 0.6 is 0 Å². The second kappa shape index (κ2) is 5.40. The molecule has 2 aromatic carbocycles. The van der Waals surface area contributed by atoms with E-state index in [2.05, 4.69) is 6.07 Å². The van der Waals surface area contributed by atoms with Crippen molar-refractivity contribution >= 4 is 6.09 Å². The Morgan fingerprint density at radius 1 is 1.17 bits per heavy atom. The van der Waals surface area contributed by atoms with E-state index in [0.717, 1.165) is 16.7 Å². The zero-order valence-electron chi connectivity index (χ0n) is 13.2. The summed E-state index contributed by atoms with van der Waals surface area (Å²) < 4.78 is 13.5. The molecular formula is C19H19FNO3+. The number of fused-ring (bicyclic) bond motifs is 5. The Morgan fingerprint density at radius 2 is 1.92 bits per heavy atom. The number of nitrogens with zero attached hydrogens (tertiary/aromatic N) is 1. The average molecular weight is 328 g/mol.